The van der Waals surface area contributed by atoms with Crippen molar-refractivity contribution in [2.45, 2.75) is 44.1 Å². The Hall–Kier alpha value is -2.33. The van der Waals surface area contributed by atoms with E-state index in [4.69, 9.17) is 4.74 Å². The second-order valence-corrected chi connectivity index (χ2v) is 7.96. The van der Waals surface area contributed by atoms with E-state index < -0.39 is 0 Å². The molecule has 0 spiro atoms. The summed E-state index contributed by atoms with van der Waals surface area (Å²) in [6.45, 7) is 0.718. The lowest BCUT2D eigenvalue weighted by molar-refractivity contribution is -0.123. The van der Waals surface area contributed by atoms with E-state index in [1.165, 1.54) is 25.7 Å². The van der Waals surface area contributed by atoms with Crippen LogP contribution in [0.1, 0.15) is 38.5 Å². The first kappa shape index (κ1) is 20.4. The number of likely N-dealkylation sites (N-methyl/N-ethyl adjacent to an activating group) is 1. The summed E-state index contributed by atoms with van der Waals surface area (Å²) in [5, 5.41) is 3.13. The Kier molecular flexibility index (Phi) is 7.10. The zero-order valence-electron chi connectivity index (χ0n) is 17.1. The highest BCUT2D eigenvalue weighted by atomic mass is 16.5. The van der Waals surface area contributed by atoms with Crippen molar-refractivity contribution < 1.29 is 9.53 Å². The summed E-state index contributed by atoms with van der Waals surface area (Å²) in [6, 6.07) is 18.0. The molecule has 0 heterocycles. The van der Waals surface area contributed by atoms with Gasteiger partial charge in [-0.1, -0.05) is 74.2 Å². The van der Waals surface area contributed by atoms with E-state index in [1.807, 2.05) is 42.5 Å². The maximum absolute atomic E-state index is 12.5. The van der Waals surface area contributed by atoms with Gasteiger partial charge in [-0.05, 0) is 38.6 Å². The van der Waals surface area contributed by atoms with E-state index in [-0.39, 0.29) is 18.1 Å². The molecule has 2 aromatic rings. The first-order valence-electron chi connectivity index (χ1n) is 10.3. The van der Waals surface area contributed by atoms with Crippen LogP contribution in [-0.4, -0.2) is 43.6 Å². The van der Waals surface area contributed by atoms with Crippen molar-refractivity contribution >= 4 is 5.91 Å². The fourth-order valence-corrected chi connectivity index (χ4v) is 4.07. The van der Waals surface area contributed by atoms with Gasteiger partial charge in [0.2, 0.25) is 0 Å². The van der Waals surface area contributed by atoms with Crippen LogP contribution in [0, 0.1) is 0 Å². The van der Waals surface area contributed by atoms with Crippen LogP contribution in [0.4, 0.5) is 0 Å². The number of nitrogens with zero attached hydrogens (tertiary/aromatic N) is 1. The summed E-state index contributed by atoms with van der Waals surface area (Å²) in [5.74, 6) is 0.675. The number of amides is 1. The lowest BCUT2D eigenvalue weighted by Crippen LogP contribution is -2.53. The van der Waals surface area contributed by atoms with Gasteiger partial charge in [0.1, 0.15) is 5.75 Å². The van der Waals surface area contributed by atoms with E-state index in [0.29, 0.717) is 6.54 Å². The van der Waals surface area contributed by atoms with E-state index >= 15 is 0 Å². The van der Waals surface area contributed by atoms with Crippen molar-refractivity contribution in [2.24, 2.45) is 0 Å². The molecule has 0 unspecified atom stereocenters. The van der Waals surface area contributed by atoms with Crippen LogP contribution in [0.15, 0.2) is 54.6 Å². The molecular weight excluding hydrogens is 348 g/mol. The molecule has 1 aliphatic rings. The zero-order chi connectivity index (χ0) is 19.8. The number of nitrogens with one attached hydrogen (secondary N) is 1. The van der Waals surface area contributed by atoms with Crippen LogP contribution in [-0.2, 0) is 4.79 Å². The van der Waals surface area contributed by atoms with Gasteiger partial charge in [0.25, 0.3) is 5.91 Å². The molecule has 4 heteroatoms. The first-order valence-corrected chi connectivity index (χ1v) is 10.3. The fraction of sp³-hybridized carbons (Fsp3) is 0.458. The van der Waals surface area contributed by atoms with Crippen LogP contribution in [0.3, 0.4) is 0 Å². The lowest BCUT2D eigenvalue weighted by atomic mass is 9.88. The number of carbonyl (C=O) groups is 1. The monoisotopic (exact) mass is 380 g/mol. The Morgan fingerprint density at radius 2 is 1.61 bits per heavy atom. The molecule has 0 aliphatic heterocycles. The highest BCUT2D eigenvalue weighted by molar-refractivity contribution is 5.78. The Balaban J connectivity index is 1.59. The number of hydrogen-bond donors (Lipinski definition) is 1. The van der Waals surface area contributed by atoms with Crippen LogP contribution in [0.25, 0.3) is 11.1 Å². The third-order valence-electron chi connectivity index (χ3n) is 5.93. The minimum atomic E-state index is -0.0617. The minimum absolute atomic E-state index is 0.0351. The standard InChI is InChI=1S/C24H32N2O2/c1-26(2)24(16-10-3-4-11-17-24)19-25-23(27)18-28-22-15-9-8-14-21(22)20-12-6-5-7-13-20/h5-9,12-15H,3-4,10-11,16-19H2,1-2H3,(H,25,27). The molecule has 1 amide bonds. The molecule has 0 atom stereocenters. The van der Waals surface area contributed by atoms with E-state index in [1.54, 1.807) is 0 Å². The van der Waals surface area contributed by atoms with Crippen LogP contribution in [0.2, 0.25) is 0 Å². The number of rotatable bonds is 7. The van der Waals surface area contributed by atoms with Gasteiger partial charge < -0.3 is 15.0 Å². The number of para-hydroxylation sites is 1. The van der Waals surface area contributed by atoms with Gasteiger partial charge in [0, 0.05) is 17.6 Å². The van der Waals surface area contributed by atoms with E-state index in [9.17, 15) is 4.79 Å². The van der Waals surface area contributed by atoms with E-state index in [2.05, 4.69) is 36.4 Å². The normalized spacial score (nSPS) is 16.4. The molecule has 1 fully saturated rings. The van der Waals surface area contributed by atoms with Gasteiger partial charge in [0.15, 0.2) is 6.61 Å². The van der Waals surface area contributed by atoms with Crippen LogP contribution in [0.5, 0.6) is 5.75 Å². The maximum Gasteiger partial charge on any atom is 0.258 e. The molecule has 3 rings (SSSR count). The molecule has 0 bridgehead atoms. The minimum Gasteiger partial charge on any atom is -0.483 e. The first-order chi connectivity index (χ1) is 13.6. The molecule has 1 N–H and O–H groups in total. The summed E-state index contributed by atoms with van der Waals surface area (Å²) >= 11 is 0. The number of hydrogen-bond acceptors (Lipinski definition) is 3. The molecule has 0 radical (unpaired) electrons. The molecule has 1 saturated carbocycles. The summed E-state index contributed by atoms with van der Waals surface area (Å²) < 4.78 is 5.89. The van der Waals surface area contributed by atoms with Gasteiger partial charge in [-0.3, -0.25) is 4.79 Å². The summed E-state index contributed by atoms with van der Waals surface area (Å²) in [6.07, 6.45) is 7.33. The third kappa shape index (κ3) is 5.14. The molecule has 2 aromatic carbocycles. The molecule has 4 nitrogen and oxygen atoms in total. The molecular formula is C24H32N2O2. The van der Waals surface area contributed by atoms with Crippen molar-refractivity contribution in [1.82, 2.24) is 10.2 Å². The van der Waals surface area contributed by atoms with Gasteiger partial charge in [0.05, 0.1) is 0 Å². The molecule has 0 saturated heterocycles. The van der Waals surface area contributed by atoms with Crippen molar-refractivity contribution in [3.63, 3.8) is 0 Å². The Morgan fingerprint density at radius 3 is 2.29 bits per heavy atom. The molecule has 150 valence electrons. The van der Waals surface area contributed by atoms with Crippen LogP contribution >= 0.6 is 0 Å². The van der Waals surface area contributed by atoms with Gasteiger partial charge in [-0.15, -0.1) is 0 Å². The Labute approximate surface area is 168 Å². The average Bonchev–Trinajstić information content (AvgIpc) is 2.98. The third-order valence-corrected chi connectivity index (χ3v) is 5.93. The smallest absolute Gasteiger partial charge is 0.258 e. The quantitative estimate of drug-likeness (QED) is 0.719. The summed E-state index contributed by atoms with van der Waals surface area (Å²) in [5.41, 5.74) is 2.15. The van der Waals surface area contributed by atoms with Crippen molar-refractivity contribution in [3.8, 4) is 16.9 Å². The van der Waals surface area contributed by atoms with Gasteiger partial charge in [-0.2, -0.15) is 0 Å². The topological polar surface area (TPSA) is 41.6 Å². The van der Waals surface area contributed by atoms with Crippen LogP contribution < -0.4 is 10.1 Å². The average molecular weight is 381 g/mol. The molecule has 0 aromatic heterocycles. The largest absolute Gasteiger partial charge is 0.483 e. The number of carbonyl (C=O) groups excluding carboxylic acids is 1. The van der Waals surface area contributed by atoms with Crippen molar-refractivity contribution in [1.29, 1.82) is 0 Å². The SMILES string of the molecule is CN(C)C1(CNC(=O)COc2ccccc2-c2ccccc2)CCCCCC1. The van der Waals surface area contributed by atoms with Crippen molar-refractivity contribution in [3.05, 3.63) is 54.6 Å². The molecule has 1 aliphatic carbocycles. The van der Waals surface area contributed by atoms with Crippen molar-refractivity contribution in [2.75, 3.05) is 27.2 Å². The van der Waals surface area contributed by atoms with Gasteiger partial charge >= 0.3 is 0 Å². The maximum atomic E-state index is 12.5. The molecule has 28 heavy (non-hydrogen) atoms. The Morgan fingerprint density at radius 1 is 0.964 bits per heavy atom. The zero-order valence-corrected chi connectivity index (χ0v) is 17.1. The summed E-state index contributed by atoms with van der Waals surface area (Å²) in [4.78, 5) is 14.8. The second-order valence-electron chi connectivity index (χ2n) is 7.96. The number of benzene rings is 2. The highest BCUT2D eigenvalue weighted by Gasteiger charge is 2.33. The van der Waals surface area contributed by atoms with Gasteiger partial charge in [-0.25, -0.2) is 0 Å². The Bertz CT molecular complexity index is 750. The second kappa shape index (κ2) is 9.74. The predicted molar refractivity (Wildman–Crippen MR) is 115 cm³/mol. The highest BCUT2D eigenvalue weighted by Crippen LogP contribution is 2.31. The van der Waals surface area contributed by atoms with E-state index in [0.717, 1.165) is 29.7 Å². The fourth-order valence-electron chi connectivity index (χ4n) is 4.07. The number of ether oxygens (including phenoxy) is 1. The lowest BCUT2D eigenvalue weighted by Gasteiger charge is -2.39. The predicted octanol–water partition coefficient (Wildman–Crippen LogP) is 4.50. The summed E-state index contributed by atoms with van der Waals surface area (Å²) in [7, 11) is 4.26.